The minimum Gasteiger partial charge on any atom is -0.497 e. The van der Waals surface area contributed by atoms with Crippen molar-refractivity contribution in [1.29, 1.82) is 0 Å². The predicted molar refractivity (Wildman–Crippen MR) is 97.1 cm³/mol. The van der Waals surface area contributed by atoms with Crippen LogP contribution < -0.4 is 9.47 Å². The average molecular weight is 414 g/mol. The quantitative estimate of drug-likeness (QED) is 0.725. The summed E-state index contributed by atoms with van der Waals surface area (Å²) in [5.74, 6) is 1.24. The Labute approximate surface area is 151 Å². The van der Waals surface area contributed by atoms with Gasteiger partial charge in [0.05, 0.1) is 19.1 Å². The Hall–Kier alpha value is -1.57. The molecule has 0 heterocycles. The number of nitrogens with zero attached hydrogens (tertiary/aromatic N) is 1. The molecule has 0 aliphatic rings. The number of benzene rings is 2. The molecule has 0 fully saturated rings. The standard InChI is InChI=1S/C17H20BrNO4S/c1-12-5-7-14(18)9-17(12)24(20,21)19(2)11-13-6-8-15(22-3)10-16(13)23-4/h5-10H,11H2,1-4H3. The lowest BCUT2D eigenvalue weighted by Gasteiger charge is -2.20. The van der Waals surface area contributed by atoms with Crippen LogP contribution in [0.1, 0.15) is 11.1 Å². The van der Waals surface area contributed by atoms with Crippen molar-refractivity contribution in [2.24, 2.45) is 0 Å². The van der Waals surface area contributed by atoms with Gasteiger partial charge in [0.25, 0.3) is 0 Å². The van der Waals surface area contributed by atoms with E-state index >= 15 is 0 Å². The van der Waals surface area contributed by atoms with Gasteiger partial charge in [0.1, 0.15) is 11.5 Å². The van der Waals surface area contributed by atoms with Crippen LogP contribution in [0.25, 0.3) is 0 Å². The lowest BCUT2D eigenvalue weighted by molar-refractivity contribution is 0.384. The van der Waals surface area contributed by atoms with Crippen LogP contribution >= 0.6 is 15.9 Å². The summed E-state index contributed by atoms with van der Waals surface area (Å²) in [6.07, 6.45) is 0. The smallest absolute Gasteiger partial charge is 0.243 e. The van der Waals surface area contributed by atoms with Gasteiger partial charge in [-0.1, -0.05) is 28.1 Å². The Kier molecular flexibility index (Phi) is 5.90. The largest absolute Gasteiger partial charge is 0.497 e. The molecule has 2 rings (SSSR count). The topological polar surface area (TPSA) is 55.8 Å². The molecule has 5 nitrogen and oxygen atoms in total. The maximum absolute atomic E-state index is 12.9. The summed E-state index contributed by atoms with van der Waals surface area (Å²) in [6.45, 7) is 1.97. The van der Waals surface area contributed by atoms with Crippen LogP contribution in [0.5, 0.6) is 11.5 Å². The fraction of sp³-hybridized carbons (Fsp3) is 0.294. The van der Waals surface area contributed by atoms with E-state index in [1.807, 2.05) is 6.07 Å². The van der Waals surface area contributed by atoms with Gasteiger partial charge in [-0.05, 0) is 30.7 Å². The second-order valence-corrected chi connectivity index (χ2v) is 8.28. The molecule has 7 heteroatoms. The van der Waals surface area contributed by atoms with Gasteiger partial charge in [-0.25, -0.2) is 8.42 Å². The molecular formula is C17H20BrNO4S. The number of aryl methyl sites for hydroxylation is 1. The van der Waals surface area contributed by atoms with E-state index in [0.29, 0.717) is 17.1 Å². The number of hydrogen-bond acceptors (Lipinski definition) is 4. The first kappa shape index (κ1) is 18.8. The van der Waals surface area contributed by atoms with Crippen LogP contribution in [-0.2, 0) is 16.6 Å². The van der Waals surface area contributed by atoms with Gasteiger partial charge in [0.15, 0.2) is 0 Å². The number of halogens is 1. The molecule has 24 heavy (non-hydrogen) atoms. The van der Waals surface area contributed by atoms with Crippen LogP contribution in [-0.4, -0.2) is 34.0 Å². The first-order valence-electron chi connectivity index (χ1n) is 7.23. The van der Waals surface area contributed by atoms with E-state index in [4.69, 9.17) is 9.47 Å². The number of ether oxygens (including phenoxy) is 2. The highest BCUT2D eigenvalue weighted by Gasteiger charge is 2.24. The van der Waals surface area contributed by atoms with Gasteiger partial charge in [-0.15, -0.1) is 0 Å². The zero-order valence-corrected chi connectivity index (χ0v) is 16.4. The summed E-state index contributed by atoms with van der Waals surface area (Å²) in [6, 6.07) is 10.5. The summed E-state index contributed by atoms with van der Waals surface area (Å²) in [5.41, 5.74) is 1.46. The molecule has 0 aliphatic carbocycles. The lowest BCUT2D eigenvalue weighted by atomic mass is 10.2. The molecule has 0 saturated heterocycles. The first-order chi connectivity index (χ1) is 11.3. The van der Waals surface area contributed by atoms with E-state index in [2.05, 4.69) is 15.9 Å². The van der Waals surface area contributed by atoms with Crippen LogP contribution in [0.3, 0.4) is 0 Å². The molecule has 0 bridgehead atoms. The fourth-order valence-corrected chi connectivity index (χ4v) is 4.24. The Balaban J connectivity index is 2.35. The third-order valence-corrected chi connectivity index (χ3v) is 6.16. The fourth-order valence-electron chi connectivity index (χ4n) is 2.33. The monoisotopic (exact) mass is 413 g/mol. The van der Waals surface area contributed by atoms with Crippen molar-refractivity contribution in [2.75, 3.05) is 21.3 Å². The predicted octanol–water partition coefficient (Wildman–Crippen LogP) is 3.60. The normalized spacial score (nSPS) is 11.6. The van der Waals surface area contributed by atoms with Crippen LogP contribution in [0.2, 0.25) is 0 Å². The highest BCUT2D eigenvalue weighted by atomic mass is 79.9. The number of hydrogen-bond donors (Lipinski definition) is 0. The summed E-state index contributed by atoms with van der Waals surface area (Å²) in [7, 11) is 1.06. The van der Waals surface area contributed by atoms with Gasteiger partial charge in [0, 0.05) is 29.7 Å². The maximum Gasteiger partial charge on any atom is 0.243 e. The molecule has 0 radical (unpaired) electrons. The minimum absolute atomic E-state index is 0.196. The second-order valence-electron chi connectivity index (χ2n) is 5.35. The molecule has 0 unspecified atom stereocenters. The van der Waals surface area contributed by atoms with Gasteiger partial charge < -0.3 is 9.47 Å². The highest BCUT2D eigenvalue weighted by Crippen LogP contribution is 2.28. The lowest BCUT2D eigenvalue weighted by Crippen LogP contribution is -2.27. The Bertz CT molecular complexity index is 836. The Morgan fingerprint density at radius 1 is 1.08 bits per heavy atom. The van der Waals surface area contributed by atoms with Gasteiger partial charge in [0.2, 0.25) is 10.0 Å². The third kappa shape index (κ3) is 3.91. The molecule has 0 saturated carbocycles. The minimum atomic E-state index is -3.61. The first-order valence-corrected chi connectivity index (χ1v) is 9.46. The zero-order valence-electron chi connectivity index (χ0n) is 14.0. The molecular weight excluding hydrogens is 394 g/mol. The Morgan fingerprint density at radius 3 is 2.42 bits per heavy atom. The SMILES string of the molecule is COc1ccc(CN(C)S(=O)(=O)c2cc(Br)ccc2C)c(OC)c1. The van der Waals surface area contributed by atoms with Crippen molar-refractivity contribution >= 4 is 26.0 Å². The van der Waals surface area contributed by atoms with E-state index in [0.717, 1.165) is 10.0 Å². The van der Waals surface area contributed by atoms with Gasteiger partial charge in [-0.3, -0.25) is 0 Å². The highest BCUT2D eigenvalue weighted by molar-refractivity contribution is 9.10. The van der Waals surface area contributed by atoms with E-state index in [9.17, 15) is 8.42 Å². The number of sulfonamides is 1. The molecule has 130 valence electrons. The van der Waals surface area contributed by atoms with Crippen molar-refractivity contribution in [3.63, 3.8) is 0 Å². The second kappa shape index (κ2) is 7.55. The molecule has 0 N–H and O–H groups in total. The van der Waals surface area contributed by atoms with E-state index in [1.54, 1.807) is 58.5 Å². The summed E-state index contributed by atoms with van der Waals surface area (Å²) >= 11 is 3.33. The summed E-state index contributed by atoms with van der Waals surface area (Å²) < 4.78 is 38.3. The third-order valence-electron chi connectivity index (χ3n) is 3.73. The molecule has 0 aliphatic heterocycles. The van der Waals surface area contributed by atoms with E-state index in [1.165, 1.54) is 4.31 Å². The van der Waals surface area contributed by atoms with Crippen molar-refractivity contribution in [3.8, 4) is 11.5 Å². The number of rotatable bonds is 6. The zero-order chi connectivity index (χ0) is 17.9. The maximum atomic E-state index is 12.9. The summed E-state index contributed by atoms with van der Waals surface area (Å²) in [5, 5.41) is 0. The summed E-state index contributed by atoms with van der Waals surface area (Å²) in [4.78, 5) is 0.284. The van der Waals surface area contributed by atoms with Crippen LogP contribution in [0, 0.1) is 6.92 Å². The molecule has 2 aromatic carbocycles. The molecule has 2 aromatic rings. The van der Waals surface area contributed by atoms with Gasteiger partial charge >= 0.3 is 0 Å². The van der Waals surface area contributed by atoms with Crippen LogP contribution in [0.4, 0.5) is 0 Å². The molecule has 0 atom stereocenters. The average Bonchev–Trinajstić information content (AvgIpc) is 2.57. The Morgan fingerprint density at radius 2 is 1.79 bits per heavy atom. The number of methoxy groups -OCH3 is 2. The van der Waals surface area contributed by atoms with Crippen LogP contribution in [0.15, 0.2) is 45.8 Å². The molecule has 0 spiro atoms. The van der Waals surface area contributed by atoms with Crippen molar-refractivity contribution in [3.05, 3.63) is 52.0 Å². The van der Waals surface area contributed by atoms with Crippen molar-refractivity contribution < 1.29 is 17.9 Å². The van der Waals surface area contributed by atoms with E-state index < -0.39 is 10.0 Å². The van der Waals surface area contributed by atoms with Gasteiger partial charge in [-0.2, -0.15) is 4.31 Å². The van der Waals surface area contributed by atoms with E-state index in [-0.39, 0.29) is 11.4 Å². The van der Waals surface area contributed by atoms with Crippen molar-refractivity contribution in [1.82, 2.24) is 4.31 Å². The van der Waals surface area contributed by atoms with Crippen molar-refractivity contribution in [2.45, 2.75) is 18.4 Å². The molecule has 0 amide bonds. The molecule has 0 aromatic heterocycles.